The van der Waals surface area contributed by atoms with Gasteiger partial charge in [-0.3, -0.25) is 0 Å². The second-order valence-corrected chi connectivity index (χ2v) is 5.96. The summed E-state index contributed by atoms with van der Waals surface area (Å²) in [5, 5.41) is 19.9. The zero-order valence-corrected chi connectivity index (χ0v) is 10.8. The Labute approximate surface area is 112 Å². The number of aryl methyl sites for hydroxylation is 1. The summed E-state index contributed by atoms with van der Waals surface area (Å²) in [6.45, 7) is 0. The summed E-state index contributed by atoms with van der Waals surface area (Å²) >= 11 is 0. The van der Waals surface area contributed by atoms with Crippen LogP contribution >= 0.6 is 0 Å². The second-order valence-electron chi connectivity index (χ2n) is 5.96. The van der Waals surface area contributed by atoms with Gasteiger partial charge in [0.2, 0.25) is 0 Å². The number of hydrogen-bond donors (Lipinski definition) is 2. The topological polar surface area (TPSA) is 49.7 Å². The SMILES string of the molecule is Oc1ccc2c3c1OC1CC(O)C=CC31CCCC2. The maximum absolute atomic E-state index is 10.1. The molecule has 4 rings (SSSR count). The van der Waals surface area contributed by atoms with Gasteiger partial charge in [-0.05, 0) is 30.9 Å². The molecule has 0 fully saturated rings. The Balaban J connectivity index is 1.98. The van der Waals surface area contributed by atoms with Crippen molar-refractivity contribution in [2.24, 2.45) is 0 Å². The van der Waals surface area contributed by atoms with Crippen LogP contribution < -0.4 is 4.74 Å². The molecular weight excluding hydrogens is 240 g/mol. The summed E-state index contributed by atoms with van der Waals surface area (Å²) in [6, 6.07) is 3.77. The van der Waals surface area contributed by atoms with Gasteiger partial charge in [-0.15, -0.1) is 0 Å². The molecule has 3 nitrogen and oxygen atoms in total. The molecule has 0 saturated carbocycles. The van der Waals surface area contributed by atoms with Crippen LogP contribution in [0, 0.1) is 0 Å². The highest BCUT2D eigenvalue weighted by atomic mass is 16.5. The van der Waals surface area contributed by atoms with Crippen molar-refractivity contribution in [3.05, 3.63) is 35.4 Å². The smallest absolute Gasteiger partial charge is 0.165 e. The highest BCUT2D eigenvalue weighted by Gasteiger charge is 2.51. The predicted molar refractivity (Wildman–Crippen MR) is 71.5 cm³/mol. The van der Waals surface area contributed by atoms with Crippen molar-refractivity contribution in [1.82, 2.24) is 0 Å². The molecule has 1 aromatic carbocycles. The lowest BCUT2D eigenvalue weighted by Gasteiger charge is -2.35. The molecule has 2 aliphatic carbocycles. The first-order chi connectivity index (χ1) is 9.21. The van der Waals surface area contributed by atoms with Crippen LogP contribution in [0.3, 0.4) is 0 Å². The van der Waals surface area contributed by atoms with Crippen molar-refractivity contribution >= 4 is 0 Å². The Bertz CT molecular complexity index is 563. The van der Waals surface area contributed by atoms with Gasteiger partial charge in [0.15, 0.2) is 11.5 Å². The lowest BCUT2D eigenvalue weighted by atomic mass is 9.69. The molecule has 0 aromatic heterocycles. The van der Waals surface area contributed by atoms with E-state index in [2.05, 4.69) is 6.08 Å². The van der Waals surface area contributed by atoms with E-state index in [-0.39, 0.29) is 17.3 Å². The highest BCUT2D eigenvalue weighted by molar-refractivity contribution is 5.60. The third kappa shape index (κ3) is 1.42. The van der Waals surface area contributed by atoms with Crippen LogP contribution in [-0.2, 0) is 11.8 Å². The van der Waals surface area contributed by atoms with Crippen molar-refractivity contribution in [3.8, 4) is 11.5 Å². The highest BCUT2D eigenvalue weighted by Crippen LogP contribution is 2.56. The molecule has 0 bridgehead atoms. The quantitative estimate of drug-likeness (QED) is 0.703. The number of rotatable bonds is 0. The first kappa shape index (κ1) is 11.4. The molecule has 3 heteroatoms. The number of ether oxygens (including phenoxy) is 1. The number of benzene rings is 1. The van der Waals surface area contributed by atoms with Gasteiger partial charge in [-0.2, -0.15) is 0 Å². The largest absolute Gasteiger partial charge is 0.504 e. The van der Waals surface area contributed by atoms with Crippen molar-refractivity contribution in [2.45, 2.75) is 49.7 Å². The third-order valence-corrected chi connectivity index (χ3v) is 4.88. The van der Waals surface area contributed by atoms with Crippen LogP contribution in [-0.4, -0.2) is 22.4 Å². The minimum Gasteiger partial charge on any atom is -0.504 e. The lowest BCUT2D eigenvalue weighted by molar-refractivity contribution is 0.0843. The Kier molecular flexibility index (Phi) is 2.25. The van der Waals surface area contributed by atoms with E-state index in [1.807, 2.05) is 12.1 Å². The van der Waals surface area contributed by atoms with Crippen molar-refractivity contribution in [2.75, 3.05) is 0 Å². The van der Waals surface area contributed by atoms with Crippen LogP contribution in [0.15, 0.2) is 24.3 Å². The molecule has 1 aromatic rings. The second kappa shape index (κ2) is 3.76. The molecule has 1 spiro atoms. The summed E-state index contributed by atoms with van der Waals surface area (Å²) in [6.07, 6.45) is 8.62. The lowest BCUT2D eigenvalue weighted by Crippen LogP contribution is -2.41. The monoisotopic (exact) mass is 258 g/mol. The number of phenols is 1. The number of aliphatic hydroxyl groups excluding tert-OH is 1. The van der Waals surface area contributed by atoms with E-state index in [0.29, 0.717) is 12.2 Å². The fraction of sp³-hybridized carbons (Fsp3) is 0.500. The van der Waals surface area contributed by atoms with Crippen LogP contribution in [0.4, 0.5) is 0 Å². The van der Waals surface area contributed by atoms with Crippen molar-refractivity contribution < 1.29 is 14.9 Å². The Morgan fingerprint density at radius 2 is 2.16 bits per heavy atom. The Morgan fingerprint density at radius 1 is 1.26 bits per heavy atom. The van der Waals surface area contributed by atoms with Gasteiger partial charge in [-0.25, -0.2) is 0 Å². The summed E-state index contributed by atoms with van der Waals surface area (Å²) in [7, 11) is 0. The molecule has 0 saturated heterocycles. The number of hydrogen-bond acceptors (Lipinski definition) is 3. The minimum atomic E-state index is -0.432. The molecule has 0 radical (unpaired) electrons. The third-order valence-electron chi connectivity index (χ3n) is 4.88. The van der Waals surface area contributed by atoms with Crippen molar-refractivity contribution in [3.63, 3.8) is 0 Å². The van der Waals surface area contributed by atoms with E-state index in [9.17, 15) is 10.2 Å². The summed E-state index contributed by atoms with van der Waals surface area (Å²) < 4.78 is 6.02. The Morgan fingerprint density at radius 3 is 3.05 bits per heavy atom. The molecule has 1 aliphatic heterocycles. The number of phenolic OH excluding ortho intramolecular Hbond substituents is 1. The van der Waals surface area contributed by atoms with Gasteiger partial charge in [0, 0.05) is 12.0 Å². The summed E-state index contributed by atoms with van der Waals surface area (Å²) in [4.78, 5) is 0. The van der Waals surface area contributed by atoms with Gasteiger partial charge < -0.3 is 14.9 Å². The van der Waals surface area contributed by atoms with Crippen LogP contribution in [0.2, 0.25) is 0 Å². The van der Waals surface area contributed by atoms with Gasteiger partial charge in [0.1, 0.15) is 6.10 Å². The van der Waals surface area contributed by atoms with Crippen LogP contribution in [0.5, 0.6) is 11.5 Å². The molecule has 3 atom stereocenters. The van der Waals surface area contributed by atoms with E-state index in [1.165, 1.54) is 17.5 Å². The van der Waals surface area contributed by atoms with E-state index in [4.69, 9.17) is 4.74 Å². The first-order valence-electron chi connectivity index (χ1n) is 7.10. The molecule has 2 N–H and O–H groups in total. The van der Waals surface area contributed by atoms with Gasteiger partial charge in [0.05, 0.1) is 11.5 Å². The maximum atomic E-state index is 10.1. The summed E-state index contributed by atoms with van der Waals surface area (Å²) in [5.41, 5.74) is 2.35. The Hall–Kier alpha value is -1.48. The molecule has 1 heterocycles. The van der Waals surface area contributed by atoms with Crippen LogP contribution in [0.1, 0.15) is 36.8 Å². The number of aromatic hydroxyl groups is 1. The fourth-order valence-corrected chi connectivity index (χ4v) is 3.99. The molecule has 19 heavy (non-hydrogen) atoms. The van der Waals surface area contributed by atoms with Gasteiger partial charge >= 0.3 is 0 Å². The minimum absolute atomic E-state index is 0.0346. The normalized spacial score (nSPS) is 35.2. The zero-order valence-electron chi connectivity index (χ0n) is 10.8. The molecular formula is C16H18O3. The molecule has 3 unspecified atom stereocenters. The standard InChI is InChI=1S/C16H18O3/c17-11-6-8-16-7-2-1-3-10-4-5-12(18)15(14(10)16)19-13(16)9-11/h4-6,8,11,13,17-18H,1-3,7,9H2. The van der Waals surface area contributed by atoms with Gasteiger partial charge in [-0.1, -0.05) is 24.6 Å². The van der Waals surface area contributed by atoms with E-state index < -0.39 is 6.10 Å². The van der Waals surface area contributed by atoms with E-state index in [1.54, 1.807) is 6.07 Å². The van der Waals surface area contributed by atoms with E-state index in [0.717, 1.165) is 19.3 Å². The molecule has 0 amide bonds. The average Bonchev–Trinajstić information content (AvgIpc) is 2.61. The van der Waals surface area contributed by atoms with Crippen molar-refractivity contribution in [1.29, 1.82) is 0 Å². The molecule has 100 valence electrons. The van der Waals surface area contributed by atoms with Crippen LogP contribution in [0.25, 0.3) is 0 Å². The maximum Gasteiger partial charge on any atom is 0.165 e. The average molecular weight is 258 g/mol. The number of aliphatic hydroxyl groups is 1. The summed E-state index contributed by atoms with van der Waals surface area (Å²) in [5.74, 6) is 0.889. The predicted octanol–water partition coefficient (Wildman–Crippen LogP) is 2.44. The van der Waals surface area contributed by atoms with Gasteiger partial charge in [0.25, 0.3) is 0 Å². The molecule has 3 aliphatic rings. The fourth-order valence-electron chi connectivity index (χ4n) is 3.99. The van der Waals surface area contributed by atoms with E-state index >= 15 is 0 Å². The first-order valence-corrected chi connectivity index (χ1v) is 7.10. The zero-order chi connectivity index (χ0) is 13.0.